The quantitative estimate of drug-likeness (QED) is 0.215. The van der Waals surface area contributed by atoms with Crippen LogP contribution in [-0.4, -0.2) is 39.5 Å². The van der Waals surface area contributed by atoms with Crippen LogP contribution < -0.4 is 10.1 Å². The van der Waals surface area contributed by atoms with Gasteiger partial charge in [0.05, 0.1) is 23.4 Å². The van der Waals surface area contributed by atoms with Crippen LogP contribution in [0.25, 0.3) is 0 Å². The van der Waals surface area contributed by atoms with Gasteiger partial charge in [-0.05, 0) is 24.6 Å². The van der Waals surface area contributed by atoms with E-state index in [2.05, 4.69) is 22.1 Å². The predicted molar refractivity (Wildman–Crippen MR) is 130 cm³/mol. The second-order valence-corrected chi connectivity index (χ2v) is 9.29. The number of thioether (sulfide) groups is 1. The van der Waals surface area contributed by atoms with Crippen LogP contribution >= 0.6 is 34.7 Å². The highest BCUT2D eigenvalue weighted by Crippen LogP contribution is 2.30. The SMILES string of the molecule is C=CCn1c(COc2ccc(F)c(Cl)c2)nnc1SCC(=O)Nc1sc(CC)cc1C(=O)OC. The van der Waals surface area contributed by atoms with Gasteiger partial charge in [0.25, 0.3) is 0 Å². The third kappa shape index (κ3) is 6.37. The molecule has 0 aliphatic heterocycles. The van der Waals surface area contributed by atoms with Crippen molar-refractivity contribution in [1.29, 1.82) is 0 Å². The smallest absolute Gasteiger partial charge is 0.340 e. The Morgan fingerprint density at radius 3 is 2.82 bits per heavy atom. The highest BCUT2D eigenvalue weighted by atomic mass is 35.5. The molecule has 1 amide bonds. The van der Waals surface area contributed by atoms with Gasteiger partial charge in [-0.1, -0.05) is 36.4 Å². The first-order chi connectivity index (χ1) is 16.4. The van der Waals surface area contributed by atoms with Crippen LogP contribution in [0.3, 0.4) is 0 Å². The van der Waals surface area contributed by atoms with Crippen molar-refractivity contribution in [2.24, 2.45) is 0 Å². The topological polar surface area (TPSA) is 95.3 Å². The Bertz CT molecular complexity index is 1200. The maximum Gasteiger partial charge on any atom is 0.340 e. The summed E-state index contributed by atoms with van der Waals surface area (Å²) in [6.45, 7) is 6.17. The highest BCUT2D eigenvalue weighted by Gasteiger charge is 2.19. The zero-order valence-electron chi connectivity index (χ0n) is 18.5. The molecule has 0 saturated heterocycles. The van der Waals surface area contributed by atoms with Crippen molar-refractivity contribution in [3.05, 3.63) is 64.0 Å². The third-order valence-corrected chi connectivity index (χ3v) is 6.94. The lowest BCUT2D eigenvalue weighted by Crippen LogP contribution is -2.16. The van der Waals surface area contributed by atoms with E-state index in [1.54, 1.807) is 16.7 Å². The number of ether oxygens (including phenoxy) is 2. The lowest BCUT2D eigenvalue weighted by Gasteiger charge is -2.10. The number of allylic oxidation sites excluding steroid dienone is 1. The number of amides is 1. The Morgan fingerprint density at radius 1 is 1.35 bits per heavy atom. The predicted octanol–water partition coefficient (Wildman–Crippen LogP) is 4.98. The number of rotatable bonds is 11. The molecule has 0 unspecified atom stereocenters. The Kier molecular flexibility index (Phi) is 9.08. The summed E-state index contributed by atoms with van der Waals surface area (Å²) in [6, 6.07) is 5.78. The number of nitrogens with zero attached hydrogens (tertiary/aromatic N) is 3. The number of benzene rings is 1. The summed E-state index contributed by atoms with van der Waals surface area (Å²) < 4.78 is 25.5. The summed E-state index contributed by atoms with van der Waals surface area (Å²) in [4.78, 5) is 25.5. The highest BCUT2D eigenvalue weighted by molar-refractivity contribution is 7.99. The monoisotopic (exact) mass is 524 g/mol. The molecule has 0 bridgehead atoms. The number of methoxy groups -OCH3 is 1. The van der Waals surface area contributed by atoms with Crippen molar-refractivity contribution in [3.8, 4) is 5.75 Å². The van der Waals surface area contributed by atoms with Crippen LogP contribution in [0.15, 0.2) is 42.1 Å². The van der Waals surface area contributed by atoms with Crippen molar-refractivity contribution in [3.63, 3.8) is 0 Å². The van der Waals surface area contributed by atoms with Crippen molar-refractivity contribution in [2.75, 3.05) is 18.2 Å². The van der Waals surface area contributed by atoms with E-state index in [9.17, 15) is 14.0 Å². The zero-order valence-corrected chi connectivity index (χ0v) is 20.9. The Morgan fingerprint density at radius 2 is 2.15 bits per heavy atom. The fraction of sp³-hybridized carbons (Fsp3) is 0.273. The minimum atomic E-state index is -0.534. The van der Waals surface area contributed by atoms with Crippen molar-refractivity contribution in [2.45, 2.75) is 31.7 Å². The Labute approximate surface area is 209 Å². The van der Waals surface area contributed by atoms with Gasteiger partial charge in [0.1, 0.15) is 23.2 Å². The van der Waals surface area contributed by atoms with Gasteiger partial charge >= 0.3 is 5.97 Å². The van der Waals surface area contributed by atoms with Gasteiger partial charge in [0, 0.05) is 17.5 Å². The first-order valence-electron chi connectivity index (χ1n) is 10.1. The number of anilines is 1. The van der Waals surface area contributed by atoms with Crippen LogP contribution in [-0.2, 0) is 29.1 Å². The number of hydrogen-bond donors (Lipinski definition) is 1. The number of aryl methyl sites for hydroxylation is 1. The minimum absolute atomic E-state index is 0.0422. The molecule has 0 spiro atoms. The minimum Gasteiger partial charge on any atom is -0.486 e. The summed E-state index contributed by atoms with van der Waals surface area (Å²) in [7, 11) is 1.30. The van der Waals surface area contributed by atoms with E-state index in [4.69, 9.17) is 21.1 Å². The lowest BCUT2D eigenvalue weighted by molar-refractivity contribution is -0.113. The molecule has 12 heteroatoms. The van der Waals surface area contributed by atoms with Gasteiger partial charge in [-0.2, -0.15) is 0 Å². The standard InChI is InChI=1S/C22H22ClFN4O4S2/c1-4-8-28-18(11-32-13-6-7-17(24)16(23)9-13)26-27-22(28)33-12-19(29)25-20-15(21(30)31-3)10-14(5-2)34-20/h4,6-7,9-10H,1,5,8,11-12H2,2-3H3,(H,25,29). The Hall–Kier alpha value is -2.89. The summed E-state index contributed by atoms with van der Waals surface area (Å²) in [6.07, 6.45) is 2.41. The van der Waals surface area contributed by atoms with Crippen molar-refractivity contribution >= 4 is 51.6 Å². The van der Waals surface area contributed by atoms with E-state index < -0.39 is 11.8 Å². The second-order valence-electron chi connectivity index (χ2n) is 6.80. The zero-order chi connectivity index (χ0) is 24.7. The molecule has 0 fully saturated rings. The lowest BCUT2D eigenvalue weighted by atomic mass is 10.2. The fourth-order valence-electron chi connectivity index (χ4n) is 2.82. The van der Waals surface area contributed by atoms with Gasteiger partial charge in [-0.25, -0.2) is 9.18 Å². The summed E-state index contributed by atoms with van der Waals surface area (Å²) >= 11 is 8.31. The molecular weight excluding hydrogens is 503 g/mol. The molecule has 0 saturated carbocycles. The van der Waals surface area contributed by atoms with Gasteiger partial charge in [0.15, 0.2) is 11.0 Å². The van der Waals surface area contributed by atoms with Crippen LogP contribution in [0, 0.1) is 5.82 Å². The molecule has 3 aromatic rings. The van der Waals surface area contributed by atoms with Crippen LogP contribution in [0.1, 0.15) is 28.0 Å². The van der Waals surface area contributed by atoms with Gasteiger partial charge < -0.3 is 14.8 Å². The number of carbonyl (C=O) groups is 2. The molecule has 2 heterocycles. The average molecular weight is 525 g/mol. The maximum atomic E-state index is 13.3. The molecule has 0 atom stereocenters. The number of thiophene rings is 1. The van der Waals surface area contributed by atoms with E-state index in [0.717, 1.165) is 11.3 Å². The molecule has 0 aliphatic carbocycles. The van der Waals surface area contributed by atoms with E-state index in [0.29, 0.717) is 33.8 Å². The maximum absolute atomic E-state index is 13.3. The van der Waals surface area contributed by atoms with E-state index in [-0.39, 0.29) is 23.3 Å². The van der Waals surface area contributed by atoms with Gasteiger partial charge in [-0.15, -0.1) is 28.1 Å². The van der Waals surface area contributed by atoms with Crippen LogP contribution in [0.4, 0.5) is 9.39 Å². The molecule has 180 valence electrons. The average Bonchev–Trinajstić information content (AvgIpc) is 3.41. The van der Waals surface area contributed by atoms with Crippen LogP contribution in [0.5, 0.6) is 5.75 Å². The molecule has 1 N–H and O–H groups in total. The molecule has 0 radical (unpaired) electrons. The normalized spacial score (nSPS) is 10.7. The number of nitrogens with one attached hydrogen (secondary N) is 1. The summed E-state index contributed by atoms with van der Waals surface area (Å²) in [5, 5.41) is 12.0. The summed E-state index contributed by atoms with van der Waals surface area (Å²) in [5.74, 6) is -0.404. The Balaban J connectivity index is 1.65. The van der Waals surface area contributed by atoms with Crippen molar-refractivity contribution < 1.29 is 23.5 Å². The first kappa shape index (κ1) is 25.7. The molecular formula is C22H22ClFN4O4S2. The number of carbonyl (C=O) groups excluding carboxylic acids is 2. The van der Waals surface area contributed by atoms with Gasteiger partial charge in [0.2, 0.25) is 5.91 Å². The largest absolute Gasteiger partial charge is 0.486 e. The number of esters is 1. The van der Waals surface area contributed by atoms with Gasteiger partial charge in [-0.3, -0.25) is 9.36 Å². The van der Waals surface area contributed by atoms with Crippen molar-refractivity contribution in [1.82, 2.24) is 14.8 Å². The van der Waals surface area contributed by atoms with E-state index >= 15 is 0 Å². The molecule has 2 aromatic heterocycles. The molecule has 1 aromatic carbocycles. The molecule has 0 aliphatic rings. The second kappa shape index (κ2) is 12.0. The fourth-order valence-corrected chi connectivity index (χ4v) is 4.76. The summed E-state index contributed by atoms with van der Waals surface area (Å²) in [5.41, 5.74) is 0.331. The van der Waals surface area contributed by atoms with Crippen LogP contribution in [0.2, 0.25) is 5.02 Å². The number of aromatic nitrogens is 3. The molecule has 34 heavy (non-hydrogen) atoms. The molecule has 8 nitrogen and oxygen atoms in total. The van der Waals surface area contributed by atoms with E-state index in [1.807, 2.05) is 6.92 Å². The third-order valence-electron chi connectivity index (χ3n) is 4.49. The number of halogens is 2. The van der Waals surface area contributed by atoms with E-state index in [1.165, 1.54) is 48.4 Å². The molecule has 3 rings (SSSR count). The number of hydrogen-bond acceptors (Lipinski definition) is 8. The first-order valence-corrected chi connectivity index (χ1v) is 12.3.